The van der Waals surface area contributed by atoms with Crippen LogP contribution in [-0.2, 0) is 0 Å². The minimum absolute atomic E-state index is 0.110. The first-order valence-corrected chi connectivity index (χ1v) is 5.74. The molecule has 0 saturated carbocycles. The second kappa shape index (κ2) is 6.65. The lowest BCUT2D eigenvalue weighted by atomic mass is 10.1. The first kappa shape index (κ1) is 16.4. The highest BCUT2D eigenvalue weighted by Gasteiger charge is 2.30. The molecule has 0 aromatic heterocycles. The van der Waals surface area contributed by atoms with Crippen LogP contribution >= 0.6 is 0 Å². The number of carbonyl (C=O) groups is 1. The summed E-state index contributed by atoms with van der Waals surface area (Å²) in [6, 6.07) is 0. The van der Waals surface area contributed by atoms with E-state index in [1.54, 1.807) is 7.05 Å². The molecule has 112 valence electrons. The minimum Gasteiger partial charge on any atom is -0.341 e. The zero-order valence-corrected chi connectivity index (χ0v) is 10.9. The Morgan fingerprint density at radius 1 is 1.00 bits per heavy atom. The van der Waals surface area contributed by atoms with E-state index >= 15 is 0 Å². The molecule has 0 spiro atoms. The predicted octanol–water partition coefficient (Wildman–Crippen LogP) is 2.06. The molecular formula is C12H13F5N2O. The highest BCUT2D eigenvalue weighted by atomic mass is 19.2. The van der Waals surface area contributed by atoms with Crippen molar-refractivity contribution in [2.45, 2.75) is 6.42 Å². The Morgan fingerprint density at radius 2 is 1.45 bits per heavy atom. The van der Waals surface area contributed by atoms with Crippen LogP contribution in [0.25, 0.3) is 0 Å². The van der Waals surface area contributed by atoms with Crippen molar-refractivity contribution in [3.63, 3.8) is 0 Å². The summed E-state index contributed by atoms with van der Waals surface area (Å²) in [4.78, 5) is 12.7. The van der Waals surface area contributed by atoms with Crippen LogP contribution in [0.1, 0.15) is 16.8 Å². The number of halogens is 5. The van der Waals surface area contributed by atoms with E-state index in [9.17, 15) is 26.7 Å². The molecule has 1 aromatic carbocycles. The van der Waals surface area contributed by atoms with Gasteiger partial charge in [0.1, 0.15) is 5.56 Å². The molecule has 1 aromatic rings. The van der Waals surface area contributed by atoms with Crippen molar-refractivity contribution in [3.8, 4) is 0 Å². The van der Waals surface area contributed by atoms with Gasteiger partial charge in [0.15, 0.2) is 23.3 Å². The number of nitrogens with one attached hydrogen (secondary N) is 1. The Labute approximate surface area is 112 Å². The molecule has 3 nitrogen and oxygen atoms in total. The normalized spacial score (nSPS) is 10.8. The molecule has 8 heteroatoms. The average molecular weight is 296 g/mol. The zero-order chi connectivity index (χ0) is 15.4. The number of benzene rings is 1. The molecule has 1 amide bonds. The Balaban J connectivity index is 3.10. The van der Waals surface area contributed by atoms with Gasteiger partial charge in [0, 0.05) is 13.6 Å². The standard InChI is InChI=1S/C12H13F5N2O/c1-18-4-3-5-19(2)12(20)6-7(13)9(15)11(17)10(16)8(6)14/h18H,3-5H2,1-2H3. The molecule has 0 aliphatic heterocycles. The lowest BCUT2D eigenvalue weighted by Gasteiger charge is -2.18. The van der Waals surface area contributed by atoms with Crippen LogP contribution in [0.2, 0.25) is 0 Å². The molecule has 1 N–H and O–H groups in total. The van der Waals surface area contributed by atoms with Crippen molar-refractivity contribution in [2.24, 2.45) is 0 Å². The maximum atomic E-state index is 13.4. The summed E-state index contributed by atoms with van der Waals surface area (Å²) in [6.45, 7) is 0.647. The van der Waals surface area contributed by atoms with E-state index < -0.39 is 40.6 Å². The monoisotopic (exact) mass is 296 g/mol. The third-order valence-electron chi connectivity index (χ3n) is 2.69. The molecule has 0 radical (unpaired) electrons. The molecule has 0 aliphatic carbocycles. The van der Waals surface area contributed by atoms with Gasteiger partial charge < -0.3 is 10.2 Å². The summed E-state index contributed by atoms with van der Waals surface area (Å²) in [5, 5.41) is 2.79. The zero-order valence-electron chi connectivity index (χ0n) is 10.9. The Bertz CT molecular complexity index is 492. The molecule has 20 heavy (non-hydrogen) atoms. The number of hydrogen-bond acceptors (Lipinski definition) is 2. The van der Waals surface area contributed by atoms with Crippen LogP contribution < -0.4 is 5.32 Å². The van der Waals surface area contributed by atoms with Gasteiger partial charge in [-0.3, -0.25) is 4.79 Å². The van der Waals surface area contributed by atoms with E-state index in [0.29, 0.717) is 13.0 Å². The van der Waals surface area contributed by atoms with Gasteiger partial charge in [0.2, 0.25) is 5.82 Å². The fourth-order valence-corrected chi connectivity index (χ4v) is 1.58. The molecule has 0 bridgehead atoms. The van der Waals surface area contributed by atoms with Gasteiger partial charge >= 0.3 is 0 Å². The number of rotatable bonds is 5. The highest BCUT2D eigenvalue weighted by molar-refractivity contribution is 5.94. The topological polar surface area (TPSA) is 32.3 Å². The van der Waals surface area contributed by atoms with Crippen LogP contribution in [0.15, 0.2) is 0 Å². The van der Waals surface area contributed by atoms with Gasteiger partial charge in [-0.25, -0.2) is 22.0 Å². The maximum Gasteiger partial charge on any atom is 0.259 e. The van der Waals surface area contributed by atoms with Gasteiger partial charge in [0.05, 0.1) is 0 Å². The van der Waals surface area contributed by atoms with Gasteiger partial charge in [-0.1, -0.05) is 0 Å². The molecule has 1 rings (SSSR count). The van der Waals surface area contributed by atoms with E-state index in [1.165, 1.54) is 7.05 Å². The van der Waals surface area contributed by atoms with Crippen molar-refractivity contribution >= 4 is 5.91 Å². The predicted molar refractivity (Wildman–Crippen MR) is 61.7 cm³/mol. The number of nitrogens with zero attached hydrogens (tertiary/aromatic N) is 1. The number of amides is 1. The Morgan fingerprint density at radius 3 is 1.90 bits per heavy atom. The van der Waals surface area contributed by atoms with Gasteiger partial charge in [0.25, 0.3) is 5.91 Å². The van der Waals surface area contributed by atoms with Crippen LogP contribution in [0, 0.1) is 29.1 Å². The lowest BCUT2D eigenvalue weighted by molar-refractivity contribution is 0.0780. The minimum atomic E-state index is -2.28. The third-order valence-corrected chi connectivity index (χ3v) is 2.69. The van der Waals surface area contributed by atoms with Gasteiger partial charge in [-0.2, -0.15) is 0 Å². The number of hydrogen-bond donors (Lipinski definition) is 1. The Hall–Kier alpha value is -1.70. The molecular weight excluding hydrogens is 283 g/mol. The molecule has 0 fully saturated rings. The largest absolute Gasteiger partial charge is 0.341 e. The van der Waals surface area contributed by atoms with E-state index in [-0.39, 0.29) is 6.54 Å². The molecule has 0 unspecified atom stereocenters. The second-order valence-corrected chi connectivity index (χ2v) is 4.13. The smallest absolute Gasteiger partial charge is 0.259 e. The van der Waals surface area contributed by atoms with Crippen molar-refractivity contribution in [1.82, 2.24) is 10.2 Å². The van der Waals surface area contributed by atoms with E-state index in [4.69, 9.17) is 0 Å². The van der Waals surface area contributed by atoms with E-state index in [0.717, 1.165) is 4.90 Å². The van der Waals surface area contributed by atoms with Gasteiger partial charge in [-0.05, 0) is 20.0 Å². The summed E-state index contributed by atoms with van der Waals surface area (Å²) in [5.41, 5.74) is -1.44. The summed E-state index contributed by atoms with van der Waals surface area (Å²) in [7, 11) is 2.89. The Kier molecular flexibility index (Phi) is 5.43. The summed E-state index contributed by atoms with van der Waals surface area (Å²) < 4.78 is 65.7. The van der Waals surface area contributed by atoms with E-state index in [1.807, 2.05) is 0 Å². The molecule has 0 atom stereocenters. The third kappa shape index (κ3) is 3.06. The SMILES string of the molecule is CNCCCN(C)C(=O)c1c(F)c(F)c(F)c(F)c1F. The molecule has 0 saturated heterocycles. The van der Waals surface area contributed by atoms with Crippen LogP contribution in [0.5, 0.6) is 0 Å². The summed E-state index contributed by atoms with van der Waals surface area (Å²) in [6.07, 6.45) is 0.466. The first-order chi connectivity index (χ1) is 9.32. The highest BCUT2D eigenvalue weighted by Crippen LogP contribution is 2.23. The van der Waals surface area contributed by atoms with Gasteiger partial charge in [-0.15, -0.1) is 0 Å². The average Bonchev–Trinajstić information content (AvgIpc) is 2.43. The number of carbonyl (C=O) groups excluding carboxylic acids is 1. The fraction of sp³-hybridized carbons (Fsp3) is 0.417. The lowest BCUT2D eigenvalue weighted by Crippen LogP contribution is -2.31. The summed E-state index contributed by atoms with van der Waals surface area (Å²) >= 11 is 0. The van der Waals surface area contributed by atoms with Crippen LogP contribution in [-0.4, -0.2) is 38.0 Å². The van der Waals surface area contributed by atoms with Crippen molar-refractivity contribution in [2.75, 3.05) is 27.2 Å². The quantitative estimate of drug-likeness (QED) is 0.390. The fourth-order valence-electron chi connectivity index (χ4n) is 1.58. The van der Waals surface area contributed by atoms with Crippen molar-refractivity contribution < 1.29 is 26.7 Å². The molecule has 0 heterocycles. The van der Waals surface area contributed by atoms with E-state index in [2.05, 4.69) is 5.32 Å². The first-order valence-electron chi connectivity index (χ1n) is 5.74. The van der Waals surface area contributed by atoms with Crippen LogP contribution in [0.4, 0.5) is 22.0 Å². The maximum absolute atomic E-state index is 13.4. The molecule has 0 aliphatic rings. The summed E-state index contributed by atoms with van der Waals surface area (Å²) in [5.74, 6) is -12.0. The van der Waals surface area contributed by atoms with Crippen LogP contribution in [0.3, 0.4) is 0 Å². The van der Waals surface area contributed by atoms with Crippen molar-refractivity contribution in [3.05, 3.63) is 34.6 Å². The second-order valence-electron chi connectivity index (χ2n) is 4.13. The van der Waals surface area contributed by atoms with Crippen molar-refractivity contribution in [1.29, 1.82) is 0 Å².